The standard InChI is InChI=1S/C11H23NO2S/c1-6-10(8-15-5)12(3)7-9(2)11(13)14-4/h9-10H,6-8H2,1-5H3. The van der Waals surface area contributed by atoms with Crippen LogP contribution in [0.1, 0.15) is 20.3 Å². The smallest absolute Gasteiger partial charge is 0.309 e. The number of thioether (sulfide) groups is 1. The van der Waals surface area contributed by atoms with Gasteiger partial charge in [0.25, 0.3) is 0 Å². The van der Waals surface area contributed by atoms with Crippen LogP contribution in [0.4, 0.5) is 0 Å². The zero-order valence-corrected chi connectivity index (χ0v) is 11.3. The predicted octanol–water partition coefficient (Wildman–Crippen LogP) is 1.87. The van der Waals surface area contributed by atoms with Crippen LogP contribution in [0, 0.1) is 5.92 Å². The fourth-order valence-corrected chi connectivity index (χ4v) is 2.48. The Hall–Kier alpha value is -0.220. The third kappa shape index (κ3) is 5.42. The second kappa shape index (κ2) is 7.99. The topological polar surface area (TPSA) is 29.5 Å². The first-order chi connectivity index (χ1) is 7.06. The van der Waals surface area contributed by atoms with Gasteiger partial charge in [-0.2, -0.15) is 11.8 Å². The lowest BCUT2D eigenvalue weighted by molar-refractivity contribution is -0.145. The molecule has 0 rings (SSSR count). The number of methoxy groups -OCH3 is 1. The van der Waals surface area contributed by atoms with Crippen LogP contribution in [0.5, 0.6) is 0 Å². The van der Waals surface area contributed by atoms with E-state index in [2.05, 4.69) is 25.1 Å². The van der Waals surface area contributed by atoms with E-state index < -0.39 is 0 Å². The van der Waals surface area contributed by atoms with E-state index >= 15 is 0 Å². The van der Waals surface area contributed by atoms with Crippen molar-refractivity contribution in [2.75, 3.05) is 32.7 Å². The molecule has 0 amide bonds. The van der Waals surface area contributed by atoms with Crippen molar-refractivity contribution < 1.29 is 9.53 Å². The maximum atomic E-state index is 11.3. The monoisotopic (exact) mass is 233 g/mol. The van der Waals surface area contributed by atoms with E-state index in [4.69, 9.17) is 4.74 Å². The van der Waals surface area contributed by atoms with Crippen molar-refractivity contribution in [1.29, 1.82) is 0 Å². The number of hydrogen-bond donors (Lipinski definition) is 0. The van der Waals surface area contributed by atoms with Gasteiger partial charge in [0, 0.05) is 18.3 Å². The van der Waals surface area contributed by atoms with Crippen molar-refractivity contribution in [1.82, 2.24) is 4.90 Å². The summed E-state index contributed by atoms with van der Waals surface area (Å²) in [4.78, 5) is 13.5. The Labute approximate surface area is 97.5 Å². The van der Waals surface area contributed by atoms with Gasteiger partial charge in [-0.1, -0.05) is 13.8 Å². The number of carbonyl (C=O) groups excluding carboxylic acids is 1. The minimum Gasteiger partial charge on any atom is -0.469 e. The van der Waals surface area contributed by atoms with Crippen LogP contribution in [-0.4, -0.2) is 49.6 Å². The van der Waals surface area contributed by atoms with Gasteiger partial charge >= 0.3 is 5.97 Å². The maximum Gasteiger partial charge on any atom is 0.309 e. The van der Waals surface area contributed by atoms with E-state index in [-0.39, 0.29) is 11.9 Å². The Balaban J connectivity index is 4.08. The fourth-order valence-electron chi connectivity index (χ4n) is 1.61. The second-order valence-electron chi connectivity index (χ2n) is 3.88. The summed E-state index contributed by atoms with van der Waals surface area (Å²) in [6.07, 6.45) is 3.23. The molecule has 3 nitrogen and oxygen atoms in total. The molecular weight excluding hydrogens is 210 g/mol. The molecule has 0 aromatic rings. The molecule has 2 unspecified atom stereocenters. The summed E-state index contributed by atoms with van der Waals surface area (Å²) in [6, 6.07) is 0.548. The molecule has 0 radical (unpaired) electrons. The third-order valence-corrected chi connectivity index (χ3v) is 3.34. The molecule has 0 aliphatic rings. The molecule has 0 fully saturated rings. The summed E-state index contributed by atoms with van der Waals surface area (Å²) in [6.45, 7) is 4.86. The summed E-state index contributed by atoms with van der Waals surface area (Å²) >= 11 is 1.85. The van der Waals surface area contributed by atoms with E-state index in [9.17, 15) is 4.79 Å². The molecular formula is C11H23NO2S. The van der Waals surface area contributed by atoms with Gasteiger partial charge in [0.2, 0.25) is 0 Å². The number of rotatable bonds is 7. The lowest BCUT2D eigenvalue weighted by Crippen LogP contribution is -2.38. The van der Waals surface area contributed by atoms with Crippen molar-refractivity contribution in [2.24, 2.45) is 5.92 Å². The highest BCUT2D eigenvalue weighted by molar-refractivity contribution is 7.98. The van der Waals surface area contributed by atoms with Crippen LogP contribution in [0.3, 0.4) is 0 Å². The molecule has 0 aromatic carbocycles. The van der Waals surface area contributed by atoms with Crippen LogP contribution in [0.2, 0.25) is 0 Å². The average molecular weight is 233 g/mol. The van der Waals surface area contributed by atoms with Crippen molar-refractivity contribution in [2.45, 2.75) is 26.3 Å². The zero-order valence-electron chi connectivity index (χ0n) is 10.4. The van der Waals surface area contributed by atoms with Crippen molar-refractivity contribution in [3.63, 3.8) is 0 Å². The summed E-state index contributed by atoms with van der Waals surface area (Å²) < 4.78 is 4.72. The maximum absolute atomic E-state index is 11.3. The highest BCUT2D eigenvalue weighted by atomic mass is 32.2. The van der Waals surface area contributed by atoms with Crippen LogP contribution in [0.15, 0.2) is 0 Å². The van der Waals surface area contributed by atoms with Gasteiger partial charge in [0.05, 0.1) is 13.0 Å². The SMILES string of the molecule is CCC(CSC)N(C)CC(C)C(=O)OC. The molecule has 0 aliphatic heterocycles. The lowest BCUT2D eigenvalue weighted by atomic mass is 10.1. The van der Waals surface area contributed by atoms with Gasteiger partial charge in [-0.05, 0) is 19.7 Å². The number of carbonyl (C=O) groups is 1. The quantitative estimate of drug-likeness (QED) is 0.628. The number of nitrogens with zero attached hydrogens (tertiary/aromatic N) is 1. The summed E-state index contributed by atoms with van der Waals surface area (Å²) in [5.41, 5.74) is 0. The average Bonchev–Trinajstić information content (AvgIpc) is 2.24. The van der Waals surface area contributed by atoms with Crippen LogP contribution in [-0.2, 0) is 9.53 Å². The van der Waals surface area contributed by atoms with Gasteiger partial charge in [0.15, 0.2) is 0 Å². The molecule has 0 bridgehead atoms. The molecule has 90 valence electrons. The Morgan fingerprint density at radius 2 is 2.13 bits per heavy atom. The molecule has 4 heteroatoms. The number of hydrogen-bond acceptors (Lipinski definition) is 4. The first-order valence-corrected chi connectivity index (χ1v) is 6.73. The van der Waals surface area contributed by atoms with Crippen molar-refractivity contribution in [3.8, 4) is 0 Å². The largest absolute Gasteiger partial charge is 0.469 e. The molecule has 0 N–H and O–H groups in total. The van der Waals surface area contributed by atoms with Gasteiger partial charge in [-0.25, -0.2) is 0 Å². The summed E-state index contributed by atoms with van der Waals surface area (Å²) in [5, 5.41) is 0. The van der Waals surface area contributed by atoms with Crippen LogP contribution < -0.4 is 0 Å². The molecule has 0 saturated carbocycles. The normalized spacial score (nSPS) is 15.1. The molecule has 15 heavy (non-hydrogen) atoms. The molecule has 0 spiro atoms. The number of ether oxygens (including phenoxy) is 1. The van der Waals surface area contributed by atoms with Gasteiger partial charge in [-0.3, -0.25) is 4.79 Å². The molecule has 0 aromatic heterocycles. The predicted molar refractivity (Wildman–Crippen MR) is 66.3 cm³/mol. The Kier molecular flexibility index (Phi) is 7.88. The van der Waals surface area contributed by atoms with Crippen LogP contribution >= 0.6 is 11.8 Å². The third-order valence-electron chi connectivity index (χ3n) is 2.62. The minimum atomic E-state index is -0.124. The highest BCUT2D eigenvalue weighted by Gasteiger charge is 2.19. The van der Waals surface area contributed by atoms with E-state index in [1.807, 2.05) is 18.7 Å². The van der Waals surface area contributed by atoms with E-state index in [1.54, 1.807) is 0 Å². The Morgan fingerprint density at radius 1 is 1.53 bits per heavy atom. The summed E-state index contributed by atoms with van der Waals surface area (Å²) in [5.74, 6) is 0.942. The van der Waals surface area contributed by atoms with Gasteiger partial charge < -0.3 is 9.64 Å². The van der Waals surface area contributed by atoms with Gasteiger partial charge in [0.1, 0.15) is 0 Å². The molecule has 0 aliphatic carbocycles. The molecule has 0 heterocycles. The van der Waals surface area contributed by atoms with Crippen molar-refractivity contribution in [3.05, 3.63) is 0 Å². The molecule has 2 atom stereocenters. The lowest BCUT2D eigenvalue weighted by Gasteiger charge is -2.28. The number of esters is 1. The fraction of sp³-hybridized carbons (Fsp3) is 0.909. The zero-order chi connectivity index (χ0) is 11.8. The molecule has 0 saturated heterocycles. The van der Waals surface area contributed by atoms with Gasteiger partial charge in [-0.15, -0.1) is 0 Å². The van der Waals surface area contributed by atoms with E-state index in [0.29, 0.717) is 6.04 Å². The van der Waals surface area contributed by atoms with Crippen LogP contribution in [0.25, 0.3) is 0 Å². The van der Waals surface area contributed by atoms with Crippen molar-refractivity contribution >= 4 is 17.7 Å². The van der Waals surface area contributed by atoms with E-state index in [1.165, 1.54) is 7.11 Å². The first kappa shape index (κ1) is 14.8. The minimum absolute atomic E-state index is 0.0455. The first-order valence-electron chi connectivity index (χ1n) is 5.33. The summed E-state index contributed by atoms with van der Waals surface area (Å²) in [7, 11) is 3.52. The highest BCUT2D eigenvalue weighted by Crippen LogP contribution is 2.11. The Bertz CT molecular complexity index is 187. The second-order valence-corrected chi connectivity index (χ2v) is 4.79. The van der Waals surface area contributed by atoms with E-state index in [0.717, 1.165) is 18.7 Å². The Morgan fingerprint density at radius 3 is 2.53 bits per heavy atom.